The molecule has 17 heteroatoms. The SMILES string of the molecule is CC1(C)[C@H](C(=O)O[C@H](C#N)c2cccc(Oc3ccccc3)c2)[C@@H]1C=C(Br)Br.Cc1cc(C)nc(NC(=O)NS(=O)(=O)c2ccccc2C(=O)OC2COC2)n1. The molecule has 2 fully saturated rings. The number of ether oxygens (including phenoxy) is 4. The van der Waals surface area contributed by atoms with Gasteiger partial charge in [-0.1, -0.05) is 62.4 Å². The summed E-state index contributed by atoms with van der Waals surface area (Å²) in [4.78, 5) is 44.7. The monoisotopic (exact) mass is 909 g/mol. The van der Waals surface area contributed by atoms with Crippen molar-refractivity contribution in [1.82, 2.24) is 14.7 Å². The summed E-state index contributed by atoms with van der Waals surface area (Å²) in [6.45, 7) is 7.97. The summed E-state index contributed by atoms with van der Waals surface area (Å²) in [7, 11) is -4.35. The van der Waals surface area contributed by atoms with Gasteiger partial charge in [0.05, 0.1) is 28.1 Å². The lowest BCUT2D eigenvalue weighted by Crippen LogP contribution is -2.39. The Morgan fingerprint density at radius 3 is 2.21 bits per heavy atom. The molecule has 1 aliphatic carbocycles. The minimum atomic E-state index is -4.35. The second kappa shape index (κ2) is 18.2. The Labute approximate surface area is 340 Å². The molecule has 0 spiro atoms. The van der Waals surface area contributed by atoms with Crippen LogP contribution in [0.5, 0.6) is 11.5 Å². The first-order chi connectivity index (χ1) is 26.6. The first kappa shape index (κ1) is 42.0. The van der Waals surface area contributed by atoms with Crippen molar-refractivity contribution >= 4 is 65.8 Å². The van der Waals surface area contributed by atoms with Gasteiger partial charge in [0.15, 0.2) is 0 Å². The van der Waals surface area contributed by atoms with Gasteiger partial charge in [0.2, 0.25) is 12.1 Å². The van der Waals surface area contributed by atoms with E-state index >= 15 is 0 Å². The highest BCUT2D eigenvalue weighted by molar-refractivity contribution is 9.28. The molecule has 1 saturated heterocycles. The van der Waals surface area contributed by atoms with Gasteiger partial charge in [-0.05, 0) is 99.5 Å². The second-order valence-electron chi connectivity index (χ2n) is 13.3. The number of nitrogens with zero attached hydrogens (tertiary/aromatic N) is 3. The van der Waals surface area contributed by atoms with Crippen LogP contribution >= 0.6 is 31.9 Å². The van der Waals surface area contributed by atoms with Crippen molar-refractivity contribution in [2.24, 2.45) is 17.3 Å². The van der Waals surface area contributed by atoms with Crippen LogP contribution < -0.4 is 14.8 Å². The number of halogens is 2. The minimum absolute atomic E-state index is 0.0390. The number of aryl methyl sites for hydroxylation is 2. The minimum Gasteiger partial charge on any atom is -0.457 e. The number of anilines is 1. The summed E-state index contributed by atoms with van der Waals surface area (Å²) < 4.78 is 49.3. The number of hydrogen-bond donors (Lipinski definition) is 2. The number of carbonyl (C=O) groups excluding carboxylic acids is 3. The van der Waals surface area contributed by atoms with E-state index in [2.05, 4.69) is 53.2 Å². The summed E-state index contributed by atoms with van der Waals surface area (Å²) in [5.41, 5.74) is 1.41. The zero-order chi connectivity index (χ0) is 40.6. The standard InChI is InChI=1S/C22H19Br2NO3.C17H18N4O6S/c1-22(2)17(12-19(23)24)20(22)21(26)28-18(13-25)14-7-6-10-16(11-14)27-15-8-4-3-5-9-15;1-10-7-11(2)19-16(18-10)20-17(23)21-28(24,25)14-6-4-3-5-13(14)15(22)27-12-8-26-9-12/h3-12,17-18,20H,1-2H3;3-7,12H,8-9H2,1-2H3,(H2,18,19,20,21,23)/t17-,18+,20-;/m0./s1. The first-order valence-electron chi connectivity index (χ1n) is 17.1. The van der Waals surface area contributed by atoms with E-state index in [4.69, 9.17) is 18.9 Å². The van der Waals surface area contributed by atoms with Gasteiger partial charge >= 0.3 is 18.0 Å². The number of esters is 2. The third-order valence-electron chi connectivity index (χ3n) is 8.67. The lowest BCUT2D eigenvalue weighted by atomic mass is 10.1. The third kappa shape index (κ3) is 11.0. The molecule has 4 aromatic rings. The summed E-state index contributed by atoms with van der Waals surface area (Å²) in [6.07, 6.45) is 0.545. The molecule has 6 rings (SSSR count). The van der Waals surface area contributed by atoms with Crippen LogP contribution in [0.25, 0.3) is 0 Å². The van der Waals surface area contributed by atoms with Crippen LogP contribution in [0.4, 0.5) is 10.7 Å². The predicted molar refractivity (Wildman–Crippen MR) is 211 cm³/mol. The molecule has 2 amide bonds. The van der Waals surface area contributed by atoms with Gasteiger partial charge in [0.25, 0.3) is 10.0 Å². The van der Waals surface area contributed by atoms with Crippen LogP contribution in [0, 0.1) is 42.4 Å². The smallest absolute Gasteiger partial charge is 0.339 e. The highest BCUT2D eigenvalue weighted by atomic mass is 79.9. The maximum absolute atomic E-state index is 12.7. The zero-order valence-corrected chi connectivity index (χ0v) is 34.6. The number of benzene rings is 3. The zero-order valence-electron chi connectivity index (χ0n) is 30.6. The lowest BCUT2D eigenvalue weighted by molar-refractivity contribution is -0.149. The molecule has 1 aliphatic heterocycles. The van der Waals surface area contributed by atoms with Crippen LogP contribution in [-0.2, 0) is 29.0 Å². The van der Waals surface area contributed by atoms with Crippen molar-refractivity contribution in [2.45, 2.75) is 44.8 Å². The highest BCUT2D eigenvalue weighted by Gasteiger charge is 2.62. The van der Waals surface area contributed by atoms with E-state index in [1.807, 2.05) is 55.0 Å². The Balaban J connectivity index is 0.000000214. The molecule has 2 heterocycles. The molecule has 2 N–H and O–H groups in total. The van der Waals surface area contributed by atoms with Crippen molar-refractivity contribution < 1.29 is 41.7 Å². The summed E-state index contributed by atoms with van der Waals surface area (Å²) >= 11 is 6.68. The molecule has 3 atom stereocenters. The molecule has 0 radical (unpaired) electrons. The number of rotatable bonds is 11. The maximum atomic E-state index is 12.7. The molecule has 0 bridgehead atoms. The number of nitriles is 1. The molecule has 1 saturated carbocycles. The van der Waals surface area contributed by atoms with Crippen molar-refractivity contribution in [1.29, 1.82) is 5.26 Å². The predicted octanol–water partition coefficient (Wildman–Crippen LogP) is 7.65. The van der Waals surface area contributed by atoms with E-state index in [9.17, 15) is 28.1 Å². The average Bonchev–Trinajstić information content (AvgIpc) is 3.66. The number of para-hydroxylation sites is 1. The van der Waals surface area contributed by atoms with E-state index in [1.54, 1.807) is 44.2 Å². The summed E-state index contributed by atoms with van der Waals surface area (Å²) in [6, 6.07) is 24.6. The number of allylic oxidation sites excluding steroid dienone is 1. The van der Waals surface area contributed by atoms with Crippen LogP contribution in [-0.4, -0.2) is 55.7 Å². The maximum Gasteiger partial charge on any atom is 0.339 e. The second-order valence-corrected chi connectivity index (χ2v) is 17.7. The van der Waals surface area contributed by atoms with Gasteiger partial charge in [-0.25, -0.2) is 32.7 Å². The molecule has 14 nitrogen and oxygen atoms in total. The van der Waals surface area contributed by atoms with Crippen molar-refractivity contribution in [2.75, 3.05) is 18.5 Å². The molecule has 1 aromatic heterocycles. The van der Waals surface area contributed by atoms with E-state index < -0.39 is 34.2 Å². The van der Waals surface area contributed by atoms with Crippen molar-refractivity contribution in [3.05, 3.63) is 117 Å². The topological polar surface area (TPSA) is 196 Å². The van der Waals surface area contributed by atoms with Crippen molar-refractivity contribution in [3.8, 4) is 17.6 Å². The summed E-state index contributed by atoms with van der Waals surface area (Å²) in [5, 5.41) is 11.8. The van der Waals surface area contributed by atoms with Crippen molar-refractivity contribution in [3.63, 3.8) is 0 Å². The fourth-order valence-electron chi connectivity index (χ4n) is 5.75. The molecule has 292 valence electrons. The number of amides is 2. The van der Waals surface area contributed by atoms with Gasteiger partial charge in [0.1, 0.15) is 28.6 Å². The fraction of sp³-hybridized carbons (Fsp3) is 0.282. The normalized spacial score (nSPS) is 17.2. The van der Waals surface area contributed by atoms with E-state index in [0.29, 0.717) is 28.5 Å². The van der Waals surface area contributed by atoms with E-state index in [1.165, 1.54) is 24.3 Å². The average molecular weight is 912 g/mol. The largest absolute Gasteiger partial charge is 0.457 e. The van der Waals surface area contributed by atoms with Gasteiger partial charge in [-0.2, -0.15) is 5.26 Å². The van der Waals surface area contributed by atoms with Gasteiger partial charge in [0, 0.05) is 17.0 Å². The number of urea groups is 1. The Hall–Kier alpha value is -5.15. The van der Waals surface area contributed by atoms with E-state index in [0.717, 1.165) is 3.39 Å². The first-order valence-corrected chi connectivity index (χ1v) is 20.1. The van der Waals surface area contributed by atoms with Crippen LogP contribution in [0.1, 0.15) is 47.3 Å². The number of aromatic nitrogens is 2. The van der Waals surface area contributed by atoms with Gasteiger partial charge < -0.3 is 18.9 Å². The lowest BCUT2D eigenvalue weighted by Gasteiger charge is -2.25. The molecule has 0 unspecified atom stereocenters. The van der Waals surface area contributed by atoms with E-state index in [-0.39, 0.29) is 52.8 Å². The molecule has 2 aliphatic rings. The number of carbonyl (C=O) groups is 3. The highest BCUT2D eigenvalue weighted by Crippen LogP contribution is 2.60. The molecule has 3 aromatic carbocycles. The summed E-state index contributed by atoms with van der Waals surface area (Å²) in [5.74, 6) is -0.169. The Kier molecular flexibility index (Phi) is 13.6. The van der Waals surface area contributed by atoms with Crippen LogP contribution in [0.2, 0.25) is 0 Å². The molecular weight excluding hydrogens is 874 g/mol. The number of nitrogens with one attached hydrogen (secondary N) is 2. The Bertz CT molecular complexity index is 2260. The number of hydrogen-bond acceptors (Lipinski definition) is 12. The third-order valence-corrected chi connectivity index (χ3v) is 10.6. The fourth-order valence-corrected chi connectivity index (χ4v) is 7.42. The van der Waals surface area contributed by atoms with Crippen LogP contribution in [0.3, 0.4) is 0 Å². The Morgan fingerprint density at radius 1 is 0.946 bits per heavy atom. The van der Waals surface area contributed by atoms with Gasteiger partial charge in [-0.3, -0.25) is 10.1 Å². The molecule has 56 heavy (non-hydrogen) atoms. The quantitative estimate of drug-likeness (QED) is 0.140. The van der Waals surface area contributed by atoms with Gasteiger partial charge in [-0.15, -0.1) is 0 Å². The number of sulfonamides is 1. The van der Waals surface area contributed by atoms with Crippen LogP contribution in [0.15, 0.2) is 99.3 Å². The Morgan fingerprint density at radius 2 is 1.59 bits per heavy atom. The molecular formula is C39H37Br2N5O9S.